The fourth-order valence-electron chi connectivity index (χ4n) is 19.1. The van der Waals surface area contributed by atoms with E-state index in [2.05, 4.69) is 156 Å². The van der Waals surface area contributed by atoms with Crippen molar-refractivity contribution in [2.75, 3.05) is 0 Å². The van der Waals surface area contributed by atoms with Crippen molar-refractivity contribution in [3.8, 4) is 0 Å². The average Bonchev–Trinajstić information content (AvgIpc) is 1.71. The first-order chi connectivity index (χ1) is 56.5. The Hall–Kier alpha value is -5.54. The second-order valence-corrected chi connectivity index (χ2v) is 37.0. The van der Waals surface area contributed by atoms with Gasteiger partial charge in [-0.3, -0.25) is 9.59 Å². The first-order valence-electron chi connectivity index (χ1n) is 48.6. The Morgan fingerprint density at radius 2 is 0.690 bits per heavy atom. The maximum Gasteiger partial charge on any atom is 0.163 e. The molecule has 5 N–H and O–H groups in total. The molecular formula is C109H166O7. The predicted molar refractivity (Wildman–Crippen MR) is 492 cm³/mol. The van der Waals surface area contributed by atoms with Crippen LogP contribution in [0.2, 0.25) is 0 Å². The first kappa shape index (κ1) is 97.6. The number of carbonyl (C=O) groups excluding carboxylic acids is 2. The van der Waals surface area contributed by atoms with Crippen LogP contribution in [0.25, 0.3) is 0 Å². The van der Waals surface area contributed by atoms with E-state index in [1.165, 1.54) is 257 Å². The van der Waals surface area contributed by atoms with Gasteiger partial charge >= 0.3 is 0 Å². The minimum Gasteiger partial charge on any atom is -0.393 e. The lowest BCUT2D eigenvalue weighted by molar-refractivity contribution is -0.123. The maximum absolute atomic E-state index is 12.3. The third kappa shape index (κ3) is 39.8. The van der Waals surface area contributed by atoms with Crippen molar-refractivity contribution in [2.45, 2.75) is 431 Å². The van der Waals surface area contributed by atoms with Crippen LogP contribution in [-0.2, 0) is 62.6 Å². The molecule has 0 amide bonds. The summed E-state index contributed by atoms with van der Waals surface area (Å²) in [5.74, 6) is 3.73. The molecule has 3 atom stereocenters. The number of ketones is 2. The lowest BCUT2D eigenvalue weighted by Crippen LogP contribution is -2.31. The Morgan fingerprint density at radius 1 is 0.353 bits per heavy atom. The van der Waals surface area contributed by atoms with Gasteiger partial charge in [-0.15, -0.1) is 0 Å². The predicted octanol–water partition coefficient (Wildman–Crippen LogP) is 28.6. The number of rotatable bonds is 36. The lowest BCUT2D eigenvalue weighted by atomic mass is 9.81. The van der Waals surface area contributed by atoms with Gasteiger partial charge in [0.15, 0.2) is 5.78 Å². The van der Waals surface area contributed by atoms with Crippen molar-refractivity contribution >= 4 is 11.6 Å². The zero-order chi connectivity index (χ0) is 82.7. The smallest absolute Gasteiger partial charge is 0.163 e. The van der Waals surface area contributed by atoms with E-state index in [0.29, 0.717) is 29.8 Å². The second-order valence-electron chi connectivity index (χ2n) is 37.0. The number of benzene rings is 6. The third-order valence-corrected chi connectivity index (χ3v) is 26.8. The highest BCUT2D eigenvalue weighted by atomic mass is 16.3. The van der Waals surface area contributed by atoms with Gasteiger partial charge in [-0.05, 0) is 239 Å². The van der Waals surface area contributed by atoms with Crippen LogP contribution in [0.4, 0.5) is 0 Å². The van der Waals surface area contributed by atoms with Crippen molar-refractivity contribution in [1.82, 2.24) is 0 Å². The van der Waals surface area contributed by atoms with E-state index in [1.807, 2.05) is 31.2 Å². The van der Waals surface area contributed by atoms with Gasteiger partial charge in [0.05, 0.1) is 29.5 Å². The largest absolute Gasteiger partial charge is 0.393 e. The average molecular weight is 1590 g/mol. The molecule has 6 aliphatic rings. The minimum absolute atomic E-state index is 0.243. The van der Waals surface area contributed by atoms with Crippen molar-refractivity contribution in [2.24, 2.45) is 23.7 Å². The van der Waals surface area contributed by atoms with Crippen LogP contribution in [0, 0.1) is 23.7 Å². The summed E-state index contributed by atoms with van der Waals surface area (Å²) in [6.07, 6.45) is 65.3. The summed E-state index contributed by atoms with van der Waals surface area (Å²) in [5, 5.41) is 50.8. The molecular weight excluding hydrogens is 1420 g/mol. The van der Waals surface area contributed by atoms with Crippen LogP contribution in [0.5, 0.6) is 0 Å². The van der Waals surface area contributed by atoms with Crippen molar-refractivity contribution < 1.29 is 35.1 Å². The zero-order valence-electron chi connectivity index (χ0n) is 74.5. The highest BCUT2D eigenvalue weighted by Gasteiger charge is 2.31. The quantitative estimate of drug-likeness (QED) is 0.0195. The number of aliphatic hydroxyl groups is 5. The molecule has 6 fully saturated rings. The van der Waals surface area contributed by atoms with Crippen molar-refractivity contribution in [3.05, 3.63) is 212 Å². The van der Waals surface area contributed by atoms with Gasteiger partial charge in [0.1, 0.15) is 5.78 Å². The minimum atomic E-state index is -0.433. The summed E-state index contributed by atoms with van der Waals surface area (Å²) < 4.78 is 0. The monoisotopic (exact) mass is 1590 g/mol. The Labute approximate surface area is 709 Å². The zero-order valence-corrected chi connectivity index (χ0v) is 74.5. The van der Waals surface area contributed by atoms with Crippen molar-refractivity contribution in [1.29, 1.82) is 0 Å². The fourth-order valence-corrected chi connectivity index (χ4v) is 19.1. The molecule has 0 aromatic heterocycles. The molecule has 0 spiro atoms. The van der Waals surface area contributed by atoms with Gasteiger partial charge in [0.25, 0.3) is 0 Å². The number of unbranched alkanes of at least 4 members (excludes halogenated alkanes) is 3. The molecule has 644 valence electrons. The number of carbonyl (C=O) groups is 2. The van der Waals surface area contributed by atoms with E-state index in [1.54, 1.807) is 11.1 Å². The molecule has 12 rings (SSSR count). The number of Topliss-reactive ketones (excluding diaryl/α,β-unsaturated/α-hetero) is 2. The summed E-state index contributed by atoms with van der Waals surface area (Å²) in [7, 11) is 0. The molecule has 6 aromatic rings. The molecule has 0 heterocycles. The van der Waals surface area contributed by atoms with E-state index in [4.69, 9.17) is 0 Å². The van der Waals surface area contributed by atoms with Crippen molar-refractivity contribution in [3.63, 3.8) is 0 Å². The SMILES string of the molecule is CCC(O)Cc1cccc(CCC2(O)CCCCC2)c1.CCCC(O)c1cccc(CCC2(O)CCCC2)c1.CCCC(O)c1cccc(CCC2CCCCCC2)c1.CCCCc1cccc(C(=O)CC2CCCCC2)c1.CCCCc1cccc(CC(=O)C2CCCCC2)c1.CCCCc1cccc(CCC2CCCCCC2)c1. The number of hydrogen-bond acceptors (Lipinski definition) is 7. The van der Waals surface area contributed by atoms with Crippen LogP contribution in [-0.4, -0.2) is 54.4 Å². The van der Waals surface area contributed by atoms with E-state index in [0.717, 1.165) is 163 Å². The molecule has 6 saturated carbocycles. The first-order valence-corrected chi connectivity index (χ1v) is 48.6. The Kier molecular flexibility index (Phi) is 48.5. The van der Waals surface area contributed by atoms with Crippen LogP contribution < -0.4 is 0 Å². The molecule has 7 nitrogen and oxygen atoms in total. The summed E-state index contributed by atoms with van der Waals surface area (Å²) in [5.41, 5.74) is 14.3. The lowest BCUT2D eigenvalue weighted by Gasteiger charge is -2.32. The Morgan fingerprint density at radius 3 is 1.14 bits per heavy atom. The van der Waals surface area contributed by atoms with Crippen LogP contribution in [0.15, 0.2) is 146 Å². The topological polar surface area (TPSA) is 135 Å². The Bertz CT molecular complexity index is 3530. The van der Waals surface area contributed by atoms with Gasteiger partial charge in [-0.25, -0.2) is 0 Å². The van der Waals surface area contributed by atoms with E-state index in [-0.39, 0.29) is 18.3 Å². The van der Waals surface area contributed by atoms with E-state index >= 15 is 0 Å². The Balaban J connectivity index is 0.000000192. The van der Waals surface area contributed by atoms with Gasteiger partial charge in [0, 0.05) is 24.3 Å². The molecule has 6 aliphatic carbocycles. The van der Waals surface area contributed by atoms with Gasteiger partial charge < -0.3 is 25.5 Å². The molecule has 0 bridgehead atoms. The van der Waals surface area contributed by atoms with Gasteiger partial charge in [-0.2, -0.15) is 0 Å². The van der Waals surface area contributed by atoms with E-state index < -0.39 is 11.2 Å². The molecule has 0 aliphatic heterocycles. The third-order valence-electron chi connectivity index (χ3n) is 26.8. The summed E-state index contributed by atoms with van der Waals surface area (Å²) >= 11 is 0. The summed E-state index contributed by atoms with van der Waals surface area (Å²) in [4.78, 5) is 24.6. The molecule has 7 heteroatoms. The standard InChI is InChI=1S/C19H30O.C19H30.C18H28O2.2C18H26O.C17H26O2/c1-2-8-19(20)18-12-7-11-17(15-18)14-13-16-9-5-3-4-6-10-16;1-2-3-9-18-12-8-13-19(16-18)15-14-17-10-6-4-5-7-11-17;1-2-17(19)14-16-8-6-7-15(13-16)9-12-18(20)10-4-3-5-11-18;1-2-3-8-15-9-7-10-16(13-15)14-18(19)17-11-5-4-6-12-17;1-2-3-8-15-11-7-12-17(13-15)18(19)14-16-9-5-4-6-10-16;1-2-6-16(18)15-8-5-7-14(13-15)9-12-17(19)10-3-4-11-17/h7,11-12,15-16,19-20H,2-6,8-10,13-14H2,1H3;8,12-13,16-17H,2-7,9-11,14-15H2,1H3;6-8,13,17,19-20H,2-5,9-12,14H2,1H3;7,9-10,13,17H,2-6,8,11-12,14H2,1H3;7,11-13,16H,2-6,8-10,14H2,1H3;5,7-8,13,16,18-19H,2-4,6,9-12H2,1H3. The molecule has 116 heavy (non-hydrogen) atoms. The highest BCUT2D eigenvalue weighted by Crippen LogP contribution is 2.37. The summed E-state index contributed by atoms with van der Waals surface area (Å²) in [6, 6.07) is 51.5. The highest BCUT2D eigenvalue weighted by molar-refractivity contribution is 5.96. The van der Waals surface area contributed by atoms with E-state index in [9.17, 15) is 35.1 Å². The summed E-state index contributed by atoms with van der Waals surface area (Å²) in [6.45, 7) is 12.9. The normalized spacial score (nSPS) is 18.1. The van der Waals surface area contributed by atoms with Gasteiger partial charge in [-0.1, -0.05) is 374 Å². The van der Waals surface area contributed by atoms with Crippen LogP contribution >= 0.6 is 0 Å². The van der Waals surface area contributed by atoms with Gasteiger partial charge in [0.2, 0.25) is 0 Å². The molecule has 0 saturated heterocycles. The molecule has 0 radical (unpaired) electrons. The maximum atomic E-state index is 12.3. The number of aryl methyl sites for hydroxylation is 7. The van der Waals surface area contributed by atoms with Crippen LogP contribution in [0.1, 0.15) is 427 Å². The van der Waals surface area contributed by atoms with Crippen LogP contribution in [0.3, 0.4) is 0 Å². The molecule has 6 aromatic carbocycles. The molecule has 3 unspecified atom stereocenters. The number of hydrogen-bond donors (Lipinski definition) is 5. The fraction of sp³-hybridized carbons (Fsp3) is 0.651. The number of aliphatic hydroxyl groups excluding tert-OH is 3. The second kappa shape index (κ2) is 57.6.